The van der Waals surface area contributed by atoms with Crippen molar-refractivity contribution in [2.45, 2.75) is 32.6 Å². The normalized spacial score (nSPS) is 17.9. The number of nitrogens with two attached hydrogens (primary N) is 1. The molecule has 1 aromatic rings. The fraction of sp³-hybridized carbons (Fsp3) is 0.625. The average molecular weight is 263 g/mol. The Kier molecular flexibility index (Phi) is 4.16. The van der Waals surface area contributed by atoms with Gasteiger partial charge in [0.25, 0.3) is 0 Å². The molecule has 1 aromatic carbocycles. The van der Waals surface area contributed by atoms with Crippen molar-refractivity contribution in [2.75, 3.05) is 26.4 Å². The van der Waals surface area contributed by atoms with E-state index in [1.54, 1.807) is 0 Å². The number of rotatable bonds is 6. The van der Waals surface area contributed by atoms with Crippen LogP contribution in [0.15, 0.2) is 24.3 Å². The molecule has 3 nitrogen and oxygen atoms in total. The minimum absolute atomic E-state index is 0.0689. The van der Waals surface area contributed by atoms with Crippen LogP contribution in [0.25, 0.3) is 0 Å². The van der Waals surface area contributed by atoms with Gasteiger partial charge in [-0.15, -0.1) is 0 Å². The minimum Gasteiger partial charge on any atom is -0.494 e. The first-order valence-electron chi connectivity index (χ1n) is 7.07. The van der Waals surface area contributed by atoms with Gasteiger partial charge < -0.3 is 15.2 Å². The fourth-order valence-electron chi connectivity index (χ4n) is 2.90. The van der Waals surface area contributed by atoms with Gasteiger partial charge in [0.05, 0.1) is 19.8 Å². The summed E-state index contributed by atoms with van der Waals surface area (Å²) in [5.74, 6) is 0.940. The molecule has 0 radical (unpaired) electrons. The zero-order valence-corrected chi connectivity index (χ0v) is 12.2. The maximum absolute atomic E-state index is 5.78. The second kappa shape index (κ2) is 5.51. The molecule has 0 atom stereocenters. The van der Waals surface area contributed by atoms with Gasteiger partial charge >= 0.3 is 0 Å². The average Bonchev–Trinajstić information content (AvgIpc) is 2.27. The molecule has 2 N–H and O–H groups in total. The van der Waals surface area contributed by atoms with Crippen LogP contribution in [0, 0.1) is 5.41 Å². The third kappa shape index (κ3) is 2.49. The van der Waals surface area contributed by atoms with Gasteiger partial charge in [0.15, 0.2) is 0 Å². The molecule has 1 aliphatic rings. The molecule has 1 aliphatic heterocycles. The van der Waals surface area contributed by atoms with E-state index in [2.05, 4.69) is 32.0 Å². The Hall–Kier alpha value is -1.06. The highest BCUT2D eigenvalue weighted by Gasteiger charge is 2.51. The minimum atomic E-state index is 0.0689. The van der Waals surface area contributed by atoms with E-state index in [1.165, 1.54) is 5.56 Å². The number of hydrogen-bond acceptors (Lipinski definition) is 3. The van der Waals surface area contributed by atoms with E-state index in [0.717, 1.165) is 25.4 Å². The lowest BCUT2D eigenvalue weighted by Crippen LogP contribution is -2.57. The molecular formula is C16H25NO2. The van der Waals surface area contributed by atoms with Gasteiger partial charge in [-0.2, -0.15) is 0 Å². The molecule has 106 valence electrons. The Balaban J connectivity index is 2.33. The van der Waals surface area contributed by atoms with E-state index in [0.29, 0.717) is 13.2 Å². The highest BCUT2D eigenvalue weighted by molar-refractivity contribution is 5.37. The summed E-state index contributed by atoms with van der Waals surface area (Å²) >= 11 is 0. The molecule has 0 saturated carbocycles. The van der Waals surface area contributed by atoms with Crippen molar-refractivity contribution in [3.63, 3.8) is 0 Å². The Morgan fingerprint density at radius 1 is 1.37 bits per heavy atom. The van der Waals surface area contributed by atoms with Gasteiger partial charge in [0.1, 0.15) is 5.75 Å². The Morgan fingerprint density at radius 3 is 2.63 bits per heavy atom. The van der Waals surface area contributed by atoms with E-state index in [4.69, 9.17) is 15.2 Å². The van der Waals surface area contributed by atoms with Crippen molar-refractivity contribution in [1.29, 1.82) is 0 Å². The molecule has 0 aromatic heterocycles. The lowest BCUT2D eigenvalue weighted by molar-refractivity contribution is -0.121. The summed E-state index contributed by atoms with van der Waals surface area (Å²) in [5, 5.41) is 0. The van der Waals surface area contributed by atoms with E-state index in [1.807, 2.05) is 13.0 Å². The maximum atomic E-state index is 5.78. The van der Waals surface area contributed by atoms with E-state index in [-0.39, 0.29) is 10.8 Å². The smallest absolute Gasteiger partial charge is 0.119 e. The quantitative estimate of drug-likeness (QED) is 0.858. The predicted octanol–water partition coefficient (Wildman–Crippen LogP) is 2.73. The summed E-state index contributed by atoms with van der Waals surface area (Å²) in [6.45, 7) is 9.53. The largest absolute Gasteiger partial charge is 0.494 e. The van der Waals surface area contributed by atoms with Gasteiger partial charge in [-0.1, -0.05) is 26.0 Å². The van der Waals surface area contributed by atoms with Crippen LogP contribution in [-0.2, 0) is 10.2 Å². The fourth-order valence-corrected chi connectivity index (χ4v) is 2.90. The molecule has 1 heterocycles. The van der Waals surface area contributed by atoms with Crippen LogP contribution >= 0.6 is 0 Å². The summed E-state index contributed by atoms with van der Waals surface area (Å²) in [6.07, 6.45) is 0.995. The second-order valence-electron chi connectivity index (χ2n) is 5.96. The monoisotopic (exact) mass is 263 g/mol. The summed E-state index contributed by atoms with van der Waals surface area (Å²) in [5.41, 5.74) is 7.29. The first-order valence-corrected chi connectivity index (χ1v) is 7.07. The van der Waals surface area contributed by atoms with Crippen LogP contribution in [0.4, 0.5) is 0 Å². The predicted molar refractivity (Wildman–Crippen MR) is 77.6 cm³/mol. The zero-order chi connectivity index (χ0) is 13.9. The van der Waals surface area contributed by atoms with Crippen molar-refractivity contribution in [3.05, 3.63) is 29.8 Å². The molecule has 1 saturated heterocycles. The second-order valence-corrected chi connectivity index (χ2v) is 5.96. The Morgan fingerprint density at radius 2 is 2.11 bits per heavy atom. The van der Waals surface area contributed by atoms with Crippen LogP contribution in [0.2, 0.25) is 0 Å². The van der Waals surface area contributed by atoms with Crippen LogP contribution in [-0.4, -0.2) is 26.4 Å². The molecule has 0 amide bonds. The molecule has 0 spiro atoms. The molecule has 0 bridgehead atoms. The Labute approximate surface area is 116 Å². The summed E-state index contributed by atoms with van der Waals surface area (Å²) < 4.78 is 11.2. The van der Waals surface area contributed by atoms with E-state index in [9.17, 15) is 0 Å². The lowest BCUT2D eigenvalue weighted by atomic mass is 9.59. The summed E-state index contributed by atoms with van der Waals surface area (Å²) in [7, 11) is 0. The zero-order valence-electron chi connectivity index (χ0n) is 12.2. The number of hydrogen-bond donors (Lipinski definition) is 1. The van der Waals surface area contributed by atoms with Crippen molar-refractivity contribution in [1.82, 2.24) is 0 Å². The third-order valence-corrected chi connectivity index (χ3v) is 4.46. The van der Waals surface area contributed by atoms with Crippen molar-refractivity contribution >= 4 is 0 Å². The molecule has 2 rings (SSSR count). The molecule has 0 aliphatic carbocycles. The number of ether oxygens (including phenoxy) is 2. The first kappa shape index (κ1) is 14.4. The SMILES string of the molecule is CCOc1cccc(C2(C(C)(C)CCN)COC2)c1. The van der Waals surface area contributed by atoms with Gasteiger partial charge in [-0.3, -0.25) is 0 Å². The molecule has 19 heavy (non-hydrogen) atoms. The van der Waals surface area contributed by atoms with Crippen LogP contribution < -0.4 is 10.5 Å². The molecular weight excluding hydrogens is 238 g/mol. The summed E-state index contributed by atoms with van der Waals surface area (Å²) in [4.78, 5) is 0. The van der Waals surface area contributed by atoms with Gasteiger partial charge in [-0.05, 0) is 43.0 Å². The highest BCUT2D eigenvalue weighted by Crippen LogP contribution is 2.49. The van der Waals surface area contributed by atoms with E-state index < -0.39 is 0 Å². The van der Waals surface area contributed by atoms with Gasteiger partial charge in [-0.25, -0.2) is 0 Å². The molecule has 1 fully saturated rings. The number of benzene rings is 1. The third-order valence-electron chi connectivity index (χ3n) is 4.46. The Bertz CT molecular complexity index is 425. The van der Waals surface area contributed by atoms with Crippen LogP contribution in [0.5, 0.6) is 5.75 Å². The molecule has 3 heteroatoms. The maximum Gasteiger partial charge on any atom is 0.119 e. The standard InChI is InChI=1S/C16H25NO2/c1-4-19-14-7-5-6-13(10-14)16(11-18-12-16)15(2,3)8-9-17/h5-7,10H,4,8-9,11-12,17H2,1-3H3. The van der Waals surface area contributed by atoms with Crippen molar-refractivity contribution in [3.8, 4) is 5.75 Å². The van der Waals surface area contributed by atoms with Crippen LogP contribution in [0.1, 0.15) is 32.8 Å². The van der Waals surface area contributed by atoms with Gasteiger partial charge in [0, 0.05) is 5.41 Å². The topological polar surface area (TPSA) is 44.5 Å². The van der Waals surface area contributed by atoms with Crippen molar-refractivity contribution in [2.24, 2.45) is 11.1 Å². The highest BCUT2D eigenvalue weighted by atomic mass is 16.5. The molecule has 0 unspecified atom stereocenters. The lowest BCUT2D eigenvalue weighted by Gasteiger charge is -2.53. The summed E-state index contributed by atoms with van der Waals surface area (Å²) in [6, 6.07) is 8.42. The van der Waals surface area contributed by atoms with E-state index >= 15 is 0 Å². The van der Waals surface area contributed by atoms with Crippen LogP contribution in [0.3, 0.4) is 0 Å². The van der Waals surface area contributed by atoms with Crippen molar-refractivity contribution < 1.29 is 9.47 Å². The first-order chi connectivity index (χ1) is 9.05. The van der Waals surface area contributed by atoms with Gasteiger partial charge in [0.2, 0.25) is 0 Å².